The van der Waals surface area contributed by atoms with Crippen molar-refractivity contribution in [3.8, 4) is 0 Å². The van der Waals surface area contributed by atoms with Crippen molar-refractivity contribution in [2.24, 2.45) is 17.2 Å². The van der Waals surface area contributed by atoms with Gasteiger partial charge in [0.1, 0.15) is 13.2 Å². The van der Waals surface area contributed by atoms with E-state index in [9.17, 15) is 9.59 Å². The Morgan fingerprint density at radius 3 is 1.80 bits per heavy atom. The predicted molar refractivity (Wildman–Crippen MR) is 52.9 cm³/mol. The van der Waals surface area contributed by atoms with Crippen LogP contribution in [0.25, 0.3) is 0 Å². The number of primary amides is 2. The van der Waals surface area contributed by atoms with Gasteiger partial charge in [-0.2, -0.15) is 0 Å². The van der Waals surface area contributed by atoms with Gasteiger partial charge >= 0.3 is 12.2 Å². The van der Waals surface area contributed by atoms with E-state index in [1.807, 2.05) is 6.92 Å². The van der Waals surface area contributed by atoms with Gasteiger partial charge in [-0.25, -0.2) is 9.59 Å². The molecule has 0 radical (unpaired) electrons. The molecule has 0 saturated carbocycles. The molecule has 0 heterocycles. The molecule has 6 N–H and O–H groups in total. The van der Waals surface area contributed by atoms with Crippen molar-refractivity contribution in [1.82, 2.24) is 0 Å². The number of carbonyl (C=O) groups excluding carboxylic acids is 2. The summed E-state index contributed by atoms with van der Waals surface area (Å²) >= 11 is 0. The van der Waals surface area contributed by atoms with Gasteiger partial charge in [-0.15, -0.1) is 0 Å². The van der Waals surface area contributed by atoms with Gasteiger partial charge in [0.2, 0.25) is 0 Å². The molecule has 0 fully saturated rings. The zero-order valence-corrected chi connectivity index (χ0v) is 8.69. The maximum atomic E-state index is 10.4. The number of amides is 2. The number of carbonyl (C=O) groups is 2. The van der Waals surface area contributed by atoms with Crippen LogP contribution in [0.3, 0.4) is 0 Å². The fourth-order valence-electron chi connectivity index (χ4n) is 1.11. The van der Waals surface area contributed by atoms with Crippen molar-refractivity contribution in [3.63, 3.8) is 0 Å². The molecule has 0 unspecified atom stereocenters. The minimum absolute atomic E-state index is 0.108. The van der Waals surface area contributed by atoms with Gasteiger partial charge in [0.15, 0.2) is 0 Å². The largest absolute Gasteiger partial charge is 0.448 e. The molecule has 0 aliphatic heterocycles. The molecule has 0 saturated heterocycles. The van der Waals surface area contributed by atoms with E-state index in [2.05, 4.69) is 9.47 Å². The van der Waals surface area contributed by atoms with E-state index in [4.69, 9.17) is 17.2 Å². The van der Waals surface area contributed by atoms with Crippen molar-refractivity contribution in [2.45, 2.75) is 25.3 Å². The second-order valence-corrected chi connectivity index (χ2v) is 3.33. The van der Waals surface area contributed by atoms with Crippen LogP contribution in [0.15, 0.2) is 0 Å². The molecule has 0 atom stereocenters. The highest BCUT2D eigenvalue weighted by atomic mass is 16.6. The molecular formula is C8H17N3O4. The Kier molecular flexibility index (Phi) is 5.46. The summed E-state index contributed by atoms with van der Waals surface area (Å²) in [4.78, 5) is 20.8. The molecule has 0 aromatic carbocycles. The maximum absolute atomic E-state index is 10.4. The molecule has 0 aromatic rings. The number of rotatable bonds is 6. The normalized spacial score (nSPS) is 10.8. The monoisotopic (exact) mass is 219 g/mol. The molecular weight excluding hydrogens is 202 g/mol. The average Bonchev–Trinajstić information content (AvgIpc) is 2.13. The smallest absolute Gasteiger partial charge is 0.404 e. The van der Waals surface area contributed by atoms with Crippen molar-refractivity contribution in [3.05, 3.63) is 0 Å². The van der Waals surface area contributed by atoms with E-state index in [1.54, 1.807) is 0 Å². The number of hydrogen-bond donors (Lipinski definition) is 3. The molecule has 0 aliphatic carbocycles. The van der Waals surface area contributed by atoms with E-state index < -0.39 is 17.7 Å². The molecule has 15 heavy (non-hydrogen) atoms. The lowest BCUT2D eigenvalue weighted by Gasteiger charge is -2.27. The summed E-state index contributed by atoms with van der Waals surface area (Å²) in [5, 5.41) is 0. The summed E-state index contributed by atoms with van der Waals surface area (Å²) in [6, 6.07) is 0. The van der Waals surface area contributed by atoms with Crippen LogP contribution in [-0.2, 0) is 9.47 Å². The molecule has 7 nitrogen and oxygen atoms in total. The third-order valence-electron chi connectivity index (χ3n) is 1.75. The zero-order chi connectivity index (χ0) is 11.9. The van der Waals surface area contributed by atoms with Crippen molar-refractivity contribution < 1.29 is 19.1 Å². The third-order valence-corrected chi connectivity index (χ3v) is 1.75. The summed E-state index contributed by atoms with van der Waals surface area (Å²) in [7, 11) is 0. The lowest BCUT2D eigenvalue weighted by Crippen LogP contribution is -2.50. The van der Waals surface area contributed by atoms with Crippen LogP contribution in [0, 0.1) is 0 Å². The Balaban J connectivity index is 4.17. The van der Waals surface area contributed by atoms with Crippen molar-refractivity contribution >= 4 is 12.2 Å². The van der Waals surface area contributed by atoms with Crippen molar-refractivity contribution in [2.75, 3.05) is 13.2 Å². The van der Waals surface area contributed by atoms with E-state index >= 15 is 0 Å². The van der Waals surface area contributed by atoms with Crippen LogP contribution >= 0.6 is 0 Å². The number of hydrogen-bond acceptors (Lipinski definition) is 5. The zero-order valence-electron chi connectivity index (χ0n) is 8.69. The Morgan fingerprint density at radius 2 is 1.53 bits per heavy atom. The first kappa shape index (κ1) is 13.5. The van der Waals surface area contributed by atoms with Gasteiger partial charge in [-0.05, 0) is 6.42 Å². The molecule has 0 spiro atoms. The molecule has 88 valence electrons. The Hall–Kier alpha value is -1.50. The second-order valence-electron chi connectivity index (χ2n) is 3.33. The first-order valence-electron chi connectivity index (χ1n) is 4.53. The van der Waals surface area contributed by atoms with Gasteiger partial charge in [0, 0.05) is 0 Å². The summed E-state index contributed by atoms with van der Waals surface area (Å²) in [5.74, 6) is 0. The first-order chi connectivity index (χ1) is 6.89. The third kappa shape index (κ3) is 6.55. The van der Waals surface area contributed by atoms with E-state index in [0.29, 0.717) is 6.42 Å². The highest BCUT2D eigenvalue weighted by molar-refractivity contribution is 5.65. The molecule has 7 heteroatoms. The SMILES string of the molecule is CCCC(N)(COC(N)=O)COC(N)=O. The topological polar surface area (TPSA) is 131 Å². The second kappa shape index (κ2) is 6.07. The Morgan fingerprint density at radius 1 is 1.13 bits per heavy atom. The van der Waals surface area contributed by atoms with E-state index in [1.165, 1.54) is 0 Å². The minimum Gasteiger partial charge on any atom is -0.448 e. The number of ether oxygens (including phenoxy) is 2. The molecule has 0 rings (SSSR count). The highest BCUT2D eigenvalue weighted by Gasteiger charge is 2.27. The predicted octanol–water partition coefficient (Wildman–Crippen LogP) is -0.325. The number of nitrogens with two attached hydrogens (primary N) is 3. The van der Waals surface area contributed by atoms with Gasteiger partial charge in [0.05, 0.1) is 5.54 Å². The van der Waals surface area contributed by atoms with Crippen LogP contribution < -0.4 is 17.2 Å². The lowest BCUT2D eigenvalue weighted by molar-refractivity contribution is 0.0731. The Labute approximate surface area is 87.9 Å². The fraction of sp³-hybridized carbons (Fsp3) is 0.750. The van der Waals surface area contributed by atoms with Gasteiger partial charge < -0.3 is 26.7 Å². The fourth-order valence-corrected chi connectivity index (χ4v) is 1.11. The van der Waals surface area contributed by atoms with Crippen LogP contribution in [0.2, 0.25) is 0 Å². The van der Waals surface area contributed by atoms with Crippen LogP contribution in [-0.4, -0.2) is 30.9 Å². The quantitative estimate of drug-likeness (QED) is 0.563. The van der Waals surface area contributed by atoms with Crippen LogP contribution in [0.1, 0.15) is 19.8 Å². The van der Waals surface area contributed by atoms with Crippen molar-refractivity contribution in [1.29, 1.82) is 0 Å². The molecule has 2 amide bonds. The maximum Gasteiger partial charge on any atom is 0.404 e. The van der Waals surface area contributed by atoms with Gasteiger partial charge in [0.25, 0.3) is 0 Å². The minimum atomic E-state index is -0.932. The van der Waals surface area contributed by atoms with Crippen LogP contribution in [0.5, 0.6) is 0 Å². The molecule has 0 aromatic heterocycles. The highest BCUT2D eigenvalue weighted by Crippen LogP contribution is 2.11. The summed E-state index contributed by atoms with van der Waals surface area (Å²) in [6.45, 7) is 1.68. The van der Waals surface area contributed by atoms with Gasteiger partial charge in [-0.3, -0.25) is 0 Å². The summed E-state index contributed by atoms with van der Waals surface area (Å²) in [5.41, 5.74) is 14.5. The summed E-state index contributed by atoms with van der Waals surface area (Å²) < 4.78 is 9.15. The first-order valence-corrected chi connectivity index (χ1v) is 4.53. The molecule has 0 aliphatic rings. The Bertz CT molecular complexity index is 214. The lowest BCUT2D eigenvalue weighted by atomic mass is 9.97. The van der Waals surface area contributed by atoms with E-state index in [-0.39, 0.29) is 13.2 Å². The molecule has 0 bridgehead atoms. The van der Waals surface area contributed by atoms with Gasteiger partial charge in [-0.1, -0.05) is 13.3 Å². The van der Waals surface area contributed by atoms with E-state index in [0.717, 1.165) is 6.42 Å². The standard InChI is InChI=1S/C8H17N3O4/c1-2-3-8(11,4-14-6(9)12)5-15-7(10)13/h2-5,11H2,1H3,(H2,9,12)(H2,10,13). The average molecular weight is 219 g/mol. The van der Waals surface area contributed by atoms with Crippen LogP contribution in [0.4, 0.5) is 9.59 Å². The summed E-state index contributed by atoms with van der Waals surface area (Å²) in [6.07, 6.45) is -0.561.